The summed E-state index contributed by atoms with van der Waals surface area (Å²) in [6, 6.07) is 13.3. The molecule has 0 radical (unpaired) electrons. The molecule has 2 rings (SSSR count). The highest BCUT2D eigenvalue weighted by atomic mass is 32.2. The van der Waals surface area contributed by atoms with E-state index in [0.29, 0.717) is 5.75 Å². The second-order valence-electron chi connectivity index (χ2n) is 6.88. The molecule has 0 aliphatic carbocycles. The van der Waals surface area contributed by atoms with Crippen molar-refractivity contribution in [2.24, 2.45) is 0 Å². The second-order valence-corrected chi connectivity index (χ2v) is 8.56. The number of amides is 1. The number of methoxy groups -OCH3 is 1. The quantitative estimate of drug-likeness (QED) is 0.812. The van der Waals surface area contributed by atoms with Gasteiger partial charge in [-0.25, -0.2) is 13.1 Å². The number of rotatable bonds is 6. The molecule has 2 N–H and O–H groups in total. The first-order valence-corrected chi connectivity index (χ1v) is 9.65. The number of carbonyl (C=O) groups excluding carboxylic acids is 1. The van der Waals surface area contributed by atoms with Gasteiger partial charge in [-0.2, -0.15) is 0 Å². The third-order valence-corrected chi connectivity index (χ3v) is 5.23. The van der Waals surface area contributed by atoms with Crippen LogP contribution in [0.25, 0.3) is 0 Å². The maximum atomic E-state index is 12.4. The molecule has 0 bridgehead atoms. The van der Waals surface area contributed by atoms with E-state index < -0.39 is 15.6 Å². The van der Waals surface area contributed by atoms with Crippen molar-refractivity contribution in [1.29, 1.82) is 0 Å². The van der Waals surface area contributed by atoms with Gasteiger partial charge in [-0.05, 0) is 45.0 Å². The molecule has 2 aromatic carbocycles. The van der Waals surface area contributed by atoms with Crippen molar-refractivity contribution < 1.29 is 17.9 Å². The lowest BCUT2D eigenvalue weighted by Crippen LogP contribution is -2.40. The molecule has 0 heterocycles. The van der Waals surface area contributed by atoms with Gasteiger partial charge in [-0.3, -0.25) is 4.79 Å². The predicted molar refractivity (Wildman–Crippen MR) is 101 cm³/mol. The molecule has 26 heavy (non-hydrogen) atoms. The van der Waals surface area contributed by atoms with Crippen LogP contribution in [0.3, 0.4) is 0 Å². The monoisotopic (exact) mass is 376 g/mol. The lowest BCUT2D eigenvalue weighted by Gasteiger charge is -2.20. The van der Waals surface area contributed by atoms with Gasteiger partial charge in [-0.15, -0.1) is 0 Å². The predicted octanol–water partition coefficient (Wildman–Crippen LogP) is 2.70. The van der Waals surface area contributed by atoms with E-state index in [9.17, 15) is 13.2 Å². The highest BCUT2D eigenvalue weighted by molar-refractivity contribution is 7.89. The zero-order valence-electron chi connectivity index (χ0n) is 15.4. The fraction of sp³-hybridized carbons (Fsp3) is 0.316. The molecule has 0 spiro atoms. The van der Waals surface area contributed by atoms with E-state index >= 15 is 0 Å². The van der Waals surface area contributed by atoms with E-state index in [1.807, 2.05) is 24.3 Å². The van der Waals surface area contributed by atoms with E-state index in [-0.39, 0.29) is 22.9 Å². The number of ether oxygens (including phenoxy) is 1. The van der Waals surface area contributed by atoms with Crippen molar-refractivity contribution >= 4 is 15.9 Å². The lowest BCUT2D eigenvalue weighted by atomic mass is 10.1. The average Bonchev–Trinajstić information content (AvgIpc) is 2.58. The molecule has 1 amide bonds. The molecule has 0 saturated heterocycles. The number of carbonyl (C=O) groups is 1. The molecule has 0 aliphatic rings. The van der Waals surface area contributed by atoms with Crippen molar-refractivity contribution in [3.63, 3.8) is 0 Å². The maximum absolute atomic E-state index is 12.4. The van der Waals surface area contributed by atoms with Crippen LogP contribution in [0.2, 0.25) is 0 Å². The van der Waals surface area contributed by atoms with Crippen LogP contribution in [0.15, 0.2) is 53.4 Å². The zero-order valence-corrected chi connectivity index (χ0v) is 16.2. The van der Waals surface area contributed by atoms with Gasteiger partial charge < -0.3 is 10.1 Å². The van der Waals surface area contributed by atoms with Crippen LogP contribution in [-0.2, 0) is 16.6 Å². The van der Waals surface area contributed by atoms with Crippen LogP contribution in [0.1, 0.15) is 36.7 Å². The minimum atomic E-state index is -3.70. The first kappa shape index (κ1) is 19.9. The summed E-state index contributed by atoms with van der Waals surface area (Å²) in [7, 11) is -2.14. The first-order valence-electron chi connectivity index (χ1n) is 8.16. The molecule has 0 unspecified atom stereocenters. The summed E-state index contributed by atoms with van der Waals surface area (Å²) in [6.07, 6.45) is 0. The van der Waals surface area contributed by atoms with E-state index in [2.05, 4.69) is 10.0 Å². The molecule has 7 heteroatoms. The average molecular weight is 376 g/mol. The van der Waals surface area contributed by atoms with E-state index in [4.69, 9.17) is 4.74 Å². The molecule has 0 aromatic heterocycles. The highest BCUT2D eigenvalue weighted by Crippen LogP contribution is 2.18. The molecule has 2 aromatic rings. The molecule has 6 nitrogen and oxygen atoms in total. The molecule has 0 saturated carbocycles. The Morgan fingerprint density at radius 3 is 2.42 bits per heavy atom. The van der Waals surface area contributed by atoms with Gasteiger partial charge in [0.15, 0.2) is 0 Å². The SMILES string of the molecule is COc1ccccc1CNC(=O)c1cccc(S(=O)(=O)NC(C)(C)C)c1. The summed E-state index contributed by atoms with van der Waals surface area (Å²) in [5.41, 5.74) is 0.499. The van der Waals surface area contributed by atoms with Crippen molar-refractivity contribution in [2.45, 2.75) is 37.8 Å². The Morgan fingerprint density at radius 1 is 1.08 bits per heavy atom. The Labute approximate surface area is 154 Å². The van der Waals surface area contributed by atoms with E-state index in [0.717, 1.165) is 5.56 Å². The van der Waals surface area contributed by atoms with Crippen molar-refractivity contribution in [2.75, 3.05) is 7.11 Å². The number of nitrogens with one attached hydrogen (secondary N) is 2. The second kappa shape index (κ2) is 7.88. The fourth-order valence-corrected chi connectivity index (χ4v) is 3.86. The van der Waals surface area contributed by atoms with Crippen molar-refractivity contribution in [3.05, 3.63) is 59.7 Å². The van der Waals surface area contributed by atoms with Crippen LogP contribution in [0, 0.1) is 0 Å². The molecule has 140 valence electrons. The van der Waals surface area contributed by atoms with E-state index in [1.54, 1.807) is 40.0 Å². The topological polar surface area (TPSA) is 84.5 Å². The summed E-state index contributed by atoms with van der Waals surface area (Å²) in [6.45, 7) is 5.55. The Hall–Kier alpha value is -2.38. The minimum Gasteiger partial charge on any atom is -0.496 e. The maximum Gasteiger partial charge on any atom is 0.251 e. The van der Waals surface area contributed by atoms with Gasteiger partial charge in [0.25, 0.3) is 5.91 Å². The third-order valence-electron chi connectivity index (χ3n) is 3.48. The van der Waals surface area contributed by atoms with Gasteiger partial charge in [-0.1, -0.05) is 24.3 Å². The van der Waals surface area contributed by atoms with Crippen LogP contribution in [0.4, 0.5) is 0 Å². The highest BCUT2D eigenvalue weighted by Gasteiger charge is 2.22. The number of hydrogen-bond acceptors (Lipinski definition) is 4. The summed E-state index contributed by atoms with van der Waals surface area (Å²) < 4.78 is 32.7. The zero-order chi connectivity index (χ0) is 19.4. The van der Waals surface area contributed by atoms with Crippen LogP contribution in [-0.4, -0.2) is 27.0 Å². The van der Waals surface area contributed by atoms with Crippen molar-refractivity contribution in [3.8, 4) is 5.75 Å². The van der Waals surface area contributed by atoms with Crippen molar-refractivity contribution in [1.82, 2.24) is 10.0 Å². The number of para-hydroxylation sites is 1. The van der Waals surface area contributed by atoms with Crippen LogP contribution in [0.5, 0.6) is 5.75 Å². The molecule has 0 fully saturated rings. The van der Waals surface area contributed by atoms with E-state index in [1.165, 1.54) is 12.1 Å². The Kier molecular flexibility index (Phi) is 6.05. The minimum absolute atomic E-state index is 0.0531. The summed E-state index contributed by atoms with van der Waals surface area (Å²) in [4.78, 5) is 12.5. The molecular weight excluding hydrogens is 352 g/mol. The van der Waals surface area contributed by atoms with Gasteiger partial charge in [0.05, 0.1) is 12.0 Å². The Bertz CT molecular complexity index is 886. The standard InChI is InChI=1S/C19H24N2O4S/c1-19(2,3)21-26(23,24)16-10-7-9-14(12-16)18(22)20-13-15-8-5-6-11-17(15)25-4/h5-12,21H,13H2,1-4H3,(H,20,22). The third kappa shape index (κ3) is 5.31. The Balaban J connectivity index is 2.15. The molecule has 0 atom stereocenters. The number of hydrogen-bond donors (Lipinski definition) is 2. The fourth-order valence-electron chi connectivity index (χ4n) is 2.39. The van der Waals surface area contributed by atoms with Crippen LogP contribution >= 0.6 is 0 Å². The normalized spacial score (nSPS) is 11.8. The summed E-state index contributed by atoms with van der Waals surface area (Å²) in [5.74, 6) is 0.322. The van der Waals surface area contributed by atoms with Gasteiger partial charge in [0.2, 0.25) is 10.0 Å². The summed E-state index contributed by atoms with van der Waals surface area (Å²) >= 11 is 0. The molecule has 0 aliphatic heterocycles. The van der Waals surface area contributed by atoms with Gasteiger partial charge >= 0.3 is 0 Å². The number of sulfonamides is 1. The first-order chi connectivity index (χ1) is 12.1. The van der Waals surface area contributed by atoms with Crippen LogP contribution < -0.4 is 14.8 Å². The Morgan fingerprint density at radius 2 is 1.77 bits per heavy atom. The molecular formula is C19H24N2O4S. The number of benzene rings is 2. The van der Waals surface area contributed by atoms with Gasteiger partial charge in [0, 0.05) is 23.2 Å². The largest absolute Gasteiger partial charge is 0.496 e. The smallest absolute Gasteiger partial charge is 0.251 e. The lowest BCUT2D eigenvalue weighted by molar-refractivity contribution is 0.0950. The van der Waals surface area contributed by atoms with Gasteiger partial charge in [0.1, 0.15) is 5.75 Å². The summed E-state index contributed by atoms with van der Waals surface area (Å²) in [5, 5.41) is 2.78.